The Hall–Kier alpha value is -2.69. The quantitative estimate of drug-likeness (QED) is 0.691. The number of hydrogen-bond acceptors (Lipinski definition) is 1. The number of nitrogens with zero attached hydrogens (tertiary/aromatic N) is 1. The Bertz CT molecular complexity index is 1050. The lowest BCUT2D eigenvalue weighted by Crippen LogP contribution is -2.44. The molecule has 0 saturated heterocycles. The molecule has 1 atom stereocenters. The minimum Gasteiger partial charge on any atom is -0.356 e. The van der Waals surface area contributed by atoms with E-state index in [9.17, 15) is 13.6 Å². The molecule has 1 N–H and O–H groups in total. The van der Waals surface area contributed by atoms with Gasteiger partial charge in [0, 0.05) is 35.5 Å². The van der Waals surface area contributed by atoms with E-state index in [2.05, 4.69) is 4.98 Å². The molecule has 2 aliphatic rings. The SMILES string of the molecule is CC(=O)N1CC2(CC2)c2c([nH]c3cc(F)ccc23)C1c1cccc(F)c1. The summed E-state index contributed by atoms with van der Waals surface area (Å²) >= 11 is 0. The van der Waals surface area contributed by atoms with Crippen molar-refractivity contribution in [3.8, 4) is 0 Å². The number of aromatic amines is 1. The van der Waals surface area contributed by atoms with Gasteiger partial charge < -0.3 is 9.88 Å². The molecule has 26 heavy (non-hydrogen) atoms. The first kappa shape index (κ1) is 15.6. The van der Waals surface area contributed by atoms with Crippen LogP contribution in [-0.4, -0.2) is 22.3 Å². The van der Waals surface area contributed by atoms with Crippen LogP contribution in [0.2, 0.25) is 0 Å². The standard InChI is InChI=1S/C21H18F2N2O/c1-12(26)25-11-21(7-8-21)18-16-6-5-15(23)10-17(16)24-19(18)20(25)13-3-2-4-14(22)9-13/h2-6,9-10,20,24H,7-8,11H2,1H3. The number of H-pyrrole nitrogens is 1. The number of carbonyl (C=O) groups is 1. The summed E-state index contributed by atoms with van der Waals surface area (Å²) in [5.41, 5.74) is 3.44. The molecule has 5 heteroatoms. The number of nitrogens with one attached hydrogen (secondary N) is 1. The van der Waals surface area contributed by atoms with Gasteiger partial charge in [-0.15, -0.1) is 0 Å². The van der Waals surface area contributed by atoms with E-state index in [1.807, 2.05) is 17.0 Å². The average Bonchev–Trinajstić information content (AvgIpc) is 3.25. The van der Waals surface area contributed by atoms with Crippen LogP contribution in [0.1, 0.15) is 42.6 Å². The highest BCUT2D eigenvalue weighted by atomic mass is 19.1. The molecule has 0 bridgehead atoms. The van der Waals surface area contributed by atoms with E-state index < -0.39 is 0 Å². The third kappa shape index (κ3) is 2.13. The molecule has 2 aromatic carbocycles. The number of aromatic nitrogens is 1. The molecule has 0 radical (unpaired) electrons. The minimum atomic E-state index is -0.389. The average molecular weight is 352 g/mol. The lowest BCUT2D eigenvalue weighted by Gasteiger charge is -2.40. The number of rotatable bonds is 1. The van der Waals surface area contributed by atoms with Crippen LogP contribution >= 0.6 is 0 Å². The first-order valence-corrected chi connectivity index (χ1v) is 8.83. The summed E-state index contributed by atoms with van der Waals surface area (Å²) in [6.45, 7) is 2.16. The third-order valence-electron chi connectivity index (χ3n) is 5.80. The maximum absolute atomic E-state index is 13.9. The third-order valence-corrected chi connectivity index (χ3v) is 5.80. The van der Waals surface area contributed by atoms with Gasteiger partial charge in [-0.3, -0.25) is 4.79 Å². The Morgan fingerprint density at radius 2 is 1.92 bits per heavy atom. The van der Waals surface area contributed by atoms with Gasteiger partial charge >= 0.3 is 0 Å². The van der Waals surface area contributed by atoms with Crippen LogP contribution < -0.4 is 0 Å². The Morgan fingerprint density at radius 1 is 1.15 bits per heavy atom. The smallest absolute Gasteiger partial charge is 0.220 e. The molecule has 1 fully saturated rings. The molecule has 1 amide bonds. The van der Waals surface area contributed by atoms with Gasteiger partial charge in [-0.05, 0) is 54.3 Å². The van der Waals surface area contributed by atoms with Gasteiger partial charge in [-0.25, -0.2) is 8.78 Å². The zero-order valence-corrected chi connectivity index (χ0v) is 14.4. The number of carbonyl (C=O) groups excluding carboxylic acids is 1. The fraction of sp³-hybridized carbons (Fsp3) is 0.286. The fourth-order valence-corrected chi connectivity index (χ4v) is 4.49. The topological polar surface area (TPSA) is 36.1 Å². The first-order chi connectivity index (χ1) is 12.5. The number of fused-ring (bicyclic) bond motifs is 4. The molecule has 2 heterocycles. The van der Waals surface area contributed by atoms with E-state index in [-0.39, 0.29) is 29.0 Å². The van der Waals surface area contributed by atoms with Crippen molar-refractivity contribution in [2.75, 3.05) is 6.54 Å². The maximum atomic E-state index is 13.9. The van der Waals surface area contributed by atoms with Gasteiger partial charge in [0.15, 0.2) is 0 Å². The molecule has 5 rings (SSSR count). The second-order valence-electron chi connectivity index (χ2n) is 7.49. The number of benzene rings is 2. The van der Waals surface area contributed by atoms with Gasteiger partial charge in [0.2, 0.25) is 5.91 Å². The van der Waals surface area contributed by atoms with Gasteiger partial charge in [-0.2, -0.15) is 0 Å². The summed E-state index contributed by atoms with van der Waals surface area (Å²) in [7, 11) is 0. The van der Waals surface area contributed by atoms with Crippen molar-refractivity contribution in [1.82, 2.24) is 9.88 Å². The van der Waals surface area contributed by atoms with Crippen LogP contribution in [0.25, 0.3) is 10.9 Å². The van der Waals surface area contributed by atoms with Crippen LogP contribution in [0, 0.1) is 11.6 Å². The molecule has 1 spiro atoms. The number of amides is 1. The Kier molecular flexibility index (Phi) is 3.09. The molecule has 3 aromatic rings. The van der Waals surface area contributed by atoms with E-state index >= 15 is 0 Å². The molecule has 1 saturated carbocycles. The van der Waals surface area contributed by atoms with Crippen molar-refractivity contribution in [3.63, 3.8) is 0 Å². The number of hydrogen-bond donors (Lipinski definition) is 1. The lowest BCUT2D eigenvalue weighted by molar-refractivity contribution is -0.131. The summed E-state index contributed by atoms with van der Waals surface area (Å²) in [4.78, 5) is 17.6. The van der Waals surface area contributed by atoms with Crippen molar-refractivity contribution in [1.29, 1.82) is 0 Å². The normalized spacial score (nSPS) is 20.4. The van der Waals surface area contributed by atoms with Crippen LogP contribution in [0.15, 0.2) is 42.5 Å². The maximum Gasteiger partial charge on any atom is 0.220 e. The van der Waals surface area contributed by atoms with Gasteiger partial charge in [-0.1, -0.05) is 12.1 Å². The van der Waals surface area contributed by atoms with Crippen LogP contribution in [0.4, 0.5) is 8.78 Å². The first-order valence-electron chi connectivity index (χ1n) is 8.83. The van der Waals surface area contributed by atoms with E-state index in [0.29, 0.717) is 6.54 Å². The molecule has 3 nitrogen and oxygen atoms in total. The summed E-state index contributed by atoms with van der Waals surface area (Å²) in [6, 6.07) is 10.8. The molecular formula is C21H18F2N2O. The molecule has 132 valence electrons. The number of halogens is 2. The summed E-state index contributed by atoms with van der Waals surface area (Å²) < 4.78 is 27.6. The summed E-state index contributed by atoms with van der Waals surface area (Å²) in [5.74, 6) is -0.672. The highest BCUT2D eigenvalue weighted by molar-refractivity contribution is 5.88. The van der Waals surface area contributed by atoms with Crippen molar-refractivity contribution in [2.24, 2.45) is 0 Å². The highest BCUT2D eigenvalue weighted by Crippen LogP contribution is 2.57. The van der Waals surface area contributed by atoms with E-state index in [1.165, 1.54) is 29.8 Å². The van der Waals surface area contributed by atoms with Gasteiger partial charge in [0.1, 0.15) is 11.6 Å². The second-order valence-corrected chi connectivity index (χ2v) is 7.49. The van der Waals surface area contributed by atoms with Gasteiger partial charge in [0.25, 0.3) is 0 Å². The van der Waals surface area contributed by atoms with Crippen molar-refractivity contribution < 1.29 is 13.6 Å². The molecule has 1 aromatic heterocycles. The predicted molar refractivity (Wildman–Crippen MR) is 94.8 cm³/mol. The van der Waals surface area contributed by atoms with E-state index in [1.54, 1.807) is 13.0 Å². The zero-order chi connectivity index (χ0) is 18.1. The van der Waals surface area contributed by atoms with E-state index in [4.69, 9.17) is 0 Å². The fourth-order valence-electron chi connectivity index (χ4n) is 4.49. The summed E-state index contributed by atoms with van der Waals surface area (Å²) in [5, 5.41) is 1.00. The van der Waals surface area contributed by atoms with Gasteiger partial charge in [0.05, 0.1) is 6.04 Å². The minimum absolute atomic E-state index is 0.0407. The molecule has 1 unspecified atom stereocenters. The van der Waals surface area contributed by atoms with Crippen LogP contribution in [0.3, 0.4) is 0 Å². The monoisotopic (exact) mass is 352 g/mol. The molecule has 1 aliphatic carbocycles. The second kappa shape index (κ2) is 5.16. The summed E-state index contributed by atoms with van der Waals surface area (Å²) in [6.07, 6.45) is 2.01. The zero-order valence-electron chi connectivity index (χ0n) is 14.4. The Balaban J connectivity index is 1.80. The largest absolute Gasteiger partial charge is 0.356 e. The van der Waals surface area contributed by atoms with E-state index in [0.717, 1.165) is 35.0 Å². The van der Waals surface area contributed by atoms with Crippen LogP contribution in [0.5, 0.6) is 0 Å². The molecular weight excluding hydrogens is 334 g/mol. The van der Waals surface area contributed by atoms with Crippen molar-refractivity contribution in [3.05, 3.63) is 70.9 Å². The predicted octanol–water partition coefficient (Wildman–Crippen LogP) is 4.43. The van der Waals surface area contributed by atoms with Crippen molar-refractivity contribution in [2.45, 2.75) is 31.2 Å². The van der Waals surface area contributed by atoms with Crippen LogP contribution in [-0.2, 0) is 10.2 Å². The lowest BCUT2D eigenvalue weighted by atomic mass is 9.83. The molecule has 1 aliphatic heterocycles. The Labute approximate surface area is 149 Å². The Morgan fingerprint density at radius 3 is 2.62 bits per heavy atom. The van der Waals surface area contributed by atoms with Crippen molar-refractivity contribution >= 4 is 16.8 Å². The highest BCUT2D eigenvalue weighted by Gasteiger charge is 2.54.